The van der Waals surface area contributed by atoms with Gasteiger partial charge in [-0.05, 0) is 37.5 Å². The molecule has 0 heterocycles. The summed E-state index contributed by atoms with van der Waals surface area (Å²) in [6.07, 6.45) is 36.5. The molecule has 0 saturated carbocycles. The fourth-order valence-electron chi connectivity index (χ4n) is 9.18. The van der Waals surface area contributed by atoms with Crippen LogP contribution in [0.2, 0.25) is 0 Å². The number of aliphatic hydroxyl groups is 1. The van der Waals surface area contributed by atoms with Gasteiger partial charge in [0.2, 0.25) is 0 Å². The minimum atomic E-state index is -4.94. The molecule has 0 aliphatic carbocycles. The molecule has 81 heavy (non-hydrogen) atoms. The topological polar surface area (TPSA) is 237 Å². The van der Waals surface area contributed by atoms with Gasteiger partial charge in [-0.3, -0.25) is 37.3 Å². The van der Waals surface area contributed by atoms with E-state index in [0.717, 1.165) is 96.3 Å². The molecule has 17 nitrogen and oxygen atoms in total. The van der Waals surface area contributed by atoms with Crippen molar-refractivity contribution in [3.8, 4) is 0 Å². The second-order valence-electron chi connectivity index (χ2n) is 23.4. The molecule has 480 valence electrons. The number of hydrogen-bond donors (Lipinski definition) is 3. The lowest BCUT2D eigenvalue weighted by Gasteiger charge is -2.21. The molecule has 0 spiro atoms. The van der Waals surface area contributed by atoms with Crippen molar-refractivity contribution in [1.29, 1.82) is 0 Å². The quantitative estimate of drug-likeness (QED) is 0.0222. The molecular formula is C62H120O17P2. The van der Waals surface area contributed by atoms with Crippen LogP contribution < -0.4 is 0 Å². The lowest BCUT2D eigenvalue weighted by Crippen LogP contribution is -2.30. The van der Waals surface area contributed by atoms with Crippen LogP contribution in [0.1, 0.15) is 305 Å². The molecule has 0 radical (unpaired) electrons. The third-order valence-corrected chi connectivity index (χ3v) is 16.1. The number of carbonyl (C=O) groups excluding carboxylic acids is 4. The molecule has 0 aromatic heterocycles. The van der Waals surface area contributed by atoms with E-state index in [9.17, 15) is 43.2 Å². The predicted molar refractivity (Wildman–Crippen MR) is 321 cm³/mol. The first-order chi connectivity index (χ1) is 38.9. The summed E-state index contributed by atoms with van der Waals surface area (Å²) in [5.74, 6) is -0.793. The number of esters is 4. The zero-order valence-corrected chi connectivity index (χ0v) is 53.9. The van der Waals surface area contributed by atoms with Gasteiger partial charge in [-0.25, -0.2) is 9.13 Å². The van der Waals surface area contributed by atoms with Crippen LogP contribution in [0.15, 0.2) is 0 Å². The number of unbranched alkanes of at least 4 members (excludes halogenated alkanes) is 31. The molecule has 19 heteroatoms. The first kappa shape index (κ1) is 79.1. The minimum absolute atomic E-state index is 0.102. The molecule has 3 N–H and O–H groups in total. The zero-order valence-electron chi connectivity index (χ0n) is 52.1. The van der Waals surface area contributed by atoms with Crippen LogP contribution in [-0.4, -0.2) is 96.7 Å². The largest absolute Gasteiger partial charge is 0.472 e. The summed E-state index contributed by atoms with van der Waals surface area (Å²) in [6.45, 7) is 9.29. The number of aliphatic hydroxyl groups excluding tert-OH is 1. The van der Waals surface area contributed by atoms with E-state index in [1.165, 1.54) is 116 Å². The van der Waals surface area contributed by atoms with E-state index in [-0.39, 0.29) is 25.7 Å². The van der Waals surface area contributed by atoms with Crippen LogP contribution in [0.3, 0.4) is 0 Å². The maximum absolute atomic E-state index is 12.9. The molecule has 2 unspecified atom stereocenters. The Hall–Kier alpha value is -1.94. The van der Waals surface area contributed by atoms with Gasteiger partial charge in [0.25, 0.3) is 0 Å². The first-order valence-corrected chi connectivity index (χ1v) is 35.5. The van der Waals surface area contributed by atoms with E-state index in [4.69, 9.17) is 37.0 Å². The van der Waals surface area contributed by atoms with Crippen molar-refractivity contribution in [2.75, 3.05) is 39.6 Å². The molecule has 0 saturated heterocycles. The fourth-order valence-corrected chi connectivity index (χ4v) is 10.8. The zero-order chi connectivity index (χ0) is 60.1. The Morgan fingerprint density at radius 1 is 0.333 bits per heavy atom. The maximum Gasteiger partial charge on any atom is 0.472 e. The van der Waals surface area contributed by atoms with Crippen molar-refractivity contribution in [3.05, 3.63) is 0 Å². The second kappa shape index (κ2) is 54.7. The van der Waals surface area contributed by atoms with Crippen LogP contribution in [0.4, 0.5) is 0 Å². The van der Waals surface area contributed by atoms with Crippen molar-refractivity contribution in [3.63, 3.8) is 0 Å². The van der Waals surface area contributed by atoms with Crippen LogP contribution in [-0.2, 0) is 65.4 Å². The Balaban J connectivity index is 5.21. The summed E-state index contributed by atoms with van der Waals surface area (Å²) in [6, 6.07) is 0. The Labute approximate surface area is 492 Å². The van der Waals surface area contributed by atoms with Crippen molar-refractivity contribution >= 4 is 39.5 Å². The number of rotatable bonds is 61. The van der Waals surface area contributed by atoms with Crippen LogP contribution in [0.25, 0.3) is 0 Å². The average molecular weight is 1200 g/mol. The molecular weight excluding hydrogens is 1080 g/mol. The van der Waals surface area contributed by atoms with Gasteiger partial charge < -0.3 is 33.8 Å². The normalized spacial score (nSPS) is 14.4. The number of ether oxygens (including phenoxy) is 4. The van der Waals surface area contributed by atoms with E-state index < -0.39 is 97.5 Å². The molecule has 0 aliphatic heterocycles. The van der Waals surface area contributed by atoms with Gasteiger partial charge in [-0.2, -0.15) is 0 Å². The van der Waals surface area contributed by atoms with E-state index in [1.54, 1.807) is 0 Å². The Morgan fingerprint density at radius 3 is 0.840 bits per heavy atom. The minimum Gasteiger partial charge on any atom is -0.462 e. The summed E-state index contributed by atoms with van der Waals surface area (Å²) >= 11 is 0. The van der Waals surface area contributed by atoms with Crippen molar-refractivity contribution in [2.24, 2.45) is 11.8 Å². The number of phosphoric acid groups is 2. The predicted octanol–water partition coefficient (Wildman–Crippen LogP) is 16.9. The standard InChI is InChI=1S/C62H120O17P2/c1-7-9-11-13-15-17-18-19-20-21-23-25-34-40-46-61(66)78-57(51-73-60(65)45-39-33-28-26-30-36-42-54(3)4)52-76-80(68,69)74-48-56(63)49-75-81(70,71)77-53-58(79-62(67)47-41-35-29-27-31-37-43-55(5)6)50-72-59(64)44-38-32-24-22-16-14-12-10-8-2/h54-58,63H,7-53H2,1-6H3,(H,68,69)(H,70,71)/t56-,57-,58-/m1/s1. The van der Waals surface area contributed by atoms with Crippen LogP contribution >= 0.6 is 15.6 Å². The Morgan fingerprint density at radius 2 is 0.568 bits per heavy atom. The summed E-state index contributed by atoms with van der Waals surface area (Å²) in [4.78, 5) is 72.0. The van der Waals surface area contributed by atoms with E-state index >= 15 is 0 Å². The highest BCUT2D eigenvalue weighted by molar-refractivity contribution is 7.47. The van der Waals surface area contributed by atoms with Crippen molar-refractivity contribution in [2.45, 2.75) is 323 Å². The van der Waals surface area contributed by atoms with E-state index in [2.05, 4.69) is 41.5 Å². The third-order valence-electron chi connectivity index (χ3n) is 14.2. The van der Waals surface area contributed by atoms with E-state index in [1.807, 2.05) is 0 Å². The van der Waals surface area contributed by atoms with Gasteiger partial charge in [0, 0.05) is 25.7 Å². The van der Waals surface area contributed by atoms with Crippen LogP contribution in [0, 0.1) is 11.8 Å². The summed E-state index contributed by atoms with van der Waals surface area (Å²) in [7, 11) is -9.88. The van der Waals surface area contributed by atoms with Gasteiger partial charge in [0.1, 0.15) is 19.3 Å². The number of carbonyl (C=O) groups is 4. The third kappa shape index (κ3) is 56.9. The SMILES string of the molecule is CCCCCCCCCCCCCCCCC(=O)O[C@H](COC(=O)CCCCCCCCC(C)C)COP(=O)(O)OC[C@@H](O)COP(=O)(O)OC[C@@H](COC(=O)CCCCCCCCCCC)OC(=O)CCCCCCCCC(C)C. The lowest BCUT2D eigenvalue weighted by molar-refractivity contribution is -0.161. The molecule has 0 amide bonds. The second-order valence-corrected chi connectivity index (χ2v) is 26.3. The van der Waals surface area contributed by atoms with E-state index in [0.29, 0.717) is 37.5 Å². The highest BCUT2D eigenvalue weighted by Gasteiger charge is 2.30. The van der Waals surface area contributed by atoms with Gasteiger partial charge in [0.05, 0.1) is 26.4 Å². The molecule has 0 aromatic carbocycles. The van der Waals surface area contributed by atoms with Crippen LogP contribution in [0.5, 0.6) is 0 Å². The van der Waals surface area contributed by atoms with Crippen molar-refractivity contribution in [1.82, 2.24) is 0 Å². The summed E-state index contributed by atoms with van der Waals surface area (Å²) < 4.78 is 67.8. The molecule has 0 aromatic rings. The lowest BCUT2D eigenvalue weighted by atomic mass is 10.0. The highest BCUT2D eigenvalue weighted by Crippen LogP contribution is 2.45. The number of hydrogen-bond acceptors (Lipinski definition) is 15. The summed E-state index contributed by atoms with van der Waals surface area (Å²) in [5.41, 5.74) is 0. The molecule has 5 atom stereocenters. The first-order valence-electron chi connectivity index (χ1n) is 32.5. The monoisotopic (exact) mass is 1200 g/mol. The van der Waals surface area contributed by atoms with Gasteiger partial charge in [-0.1, -0.05) is 253 Å². The number of phosphoric ester groups is 2. The Kier molecular flexibility index (Phi) is 53.4. The molecule has 0 fully saturated rings. The smallest absolute Gasteiger partial charge is 0.462 e. The Bertz CT molecular complexity index is 1600. The average Bonchev–Trinajstić information content (AvgIpc) is 3.42. The highest BCUT2D eigenvalue weighted by atomic mass is 31.2. The van der Waals surface area contributed by atoms with Gasteiger partial charge >= 0.3 is 39.5 Å². The fraction of sp³-hybridized carbons (Fsp3) is 0.935. The van der Waals surface area contributed by atoms with Gasteiger partial charge in [-0.15, -0.1) is 0 Å². The maximum atomic E-state index is 12.9. The molecule has 0 bridgehead atoms. The van der Waals surface area contributed by atoms with Gasteiger partial charge in [0.15, 0.2) is 12.2 Å². The van der Waals surface area contributed by atoms with Crippen molar-refractivity contribution < 1.29 is 80.2 Å². The molecule has 0 aliphatic rings. The summed E-state index contributed by atoms with van der Waals surface area (Å²) in [5, 5.41) is 10.5. The molecule has 0 rings (SSSR count).